The molecule has 2 aromatic rings. The molecule has 106 valence electrons. The van der Waals surface area contributed by atoms with Gasteiger partial charge in [0, 0.05) is 31.1 Å². The van der Waals surface area contributed by atoms with E-state index in [1.807, 2.05) is 38.2 Å². The van der Waals surface area contributed by atoms with Crippen molar-refractivity contribution in [3.63, 3.8) is 0 Å². The van der Waals surface area contributed by atoms with Gasteiger partial charge in [-0.2, -0.15) is 0 Å². The number of benzene rings is 1. The topological polar surface area (TPSA) is 75.2 Å². The fourth-order valence-electron chi connectivity index (χ4n) is 2.21. The summed E-state index contributed by atoms with van der Waals surface area (Å²) < 4.78 is 5.24. The van der Waals surface area contributed by atoms with Crippen LogP contribution in [0, 0.1) is 5.41 Å². The van der Waals surface area contributed by atoms with Crippen LogP contribution in [-0.2, 0) is 0 Å². The molecule has 0 radical (unpaired) electrons. The van der Waals surface area contributed by atoms with Gasteiger partial charge in [-0.1, -0.05) is 0 Å². The molecule has 0 fully saturated rings. The molecular weight excluding hydrogens is 252 g/mol. The highest BCUT2D eigenvalue weighted by molar-refractivity contribution is 5.93. The van der Waals surface area contributed by atoms with E-state index in [0.717, 1.165) is 22.3 Å². The molecule has 0 bridgehead atoms. The Labute approximate surface area is 118 Å². The molecule has 5 nitrogen and oxygen atoms in total. The summed E-state index contributed by atoms with van der Waals surface area (Å²) in [4.78, 5) is 6.52. The summed E-state index contributed by atoms with van der Waals surface area (Å²) in [7, 11) is 3.63. The van der Waals surface area contributed by atoms with Crippen molar-refractivity contribution in [3.05, 3.63) is 30.5 Å². The Bertz CT molecular complexity index is 626. The minimum Gasteiger partial charge on any atom is -0.497 e. The lowest BCUT2D eigenvalue weighted by Crippen LogP contribution is -2.33. The third-order valence-electron chi connectivity index (χ3n) is 3.46. The summed E-state index contributed by atoms with van der Waals surface area (Å²) in [5, 5.41) is 9.55. The molecule has 0 spiro atoms. The van der Waals surface area contributed by atoms with Crippen LogP contribution < -0.4 is 15.4 Å². The van der Waals surface area contributed by atoms with Gasteiger partial charge in [-0.05, 0) is 36.6 Å². The van der Waals surface area contributed by atoms with Gasteiger partial charge < -0.3 is 15.4 Å². The number of fused-ring (bicyclic) bond motifs is 1. The fourth-order valence-corrected chi connectivity index (χ4v) is 2.21. The zero-order valence-corrected chi connectivity index (χ0v) is 12.1. The number of nitrogens with one attached hydrogen (secondary N) is 1. The number of aromatic nitrogens is 1. The summed E-state index contributed by atoms with van der Waals surface area (Å²) in [6, 6.07) is 8.01. The van der Waals surface area contributed by atoms with Gasteiger partial charge in [-0.15, -0.1) is 0 Å². The van der Waals surface area contributed by atoms with Crippen molar-refractivity contribution < 1.29 is 4.74 Å². The lowest BCUT2D eigenvalue weighted by molar-refractivity contribution is 0.415. The fraction of sp³-hybridized carbons (Fsp3) is 0.333. The number of rotatable bonds is 5. The number of methoxy groups -OCH3 is 1. The van der Waals surface area contributed by atoms with Gasteiger partial charge in [-0.25, -0.2) is 4.98 Å². The molecule has 20 heavy (non-hydrogen) atoms. The van der Waals surface area contributed by atoms with E-state index in [1.165, 1.54) is 0 Å². The average Bonchev–Trinajstić information content (AvgIpc) is 2.44. The first-order chi connectivity index (χ1) is 9.52. The molecule has 1 aromatic heterocycles. The molecular formula is C15H20N4O. The van der Waals surface area contributed by atoms with Gasteiger partial charge in [0.1, 0.15) is 11.6 Å². The van der Waals surface area contributed by atoms with Crippen LogP contribution in [0.25, 0.3) is 10.8 Å². The maximum atomic E-state index is 7.41. The third-order valence-corrected chi connectivity index (χ3v) is 3.46. The Balaban J connectivity index is 2.41. The van der Waals surface area contributed by atoms with Crippen molar-refractivity contribution >= 4 is 22.4 Å². The minimum absolute atomic E-state index is 0.118. The number of anilines is 1. The highest BCUT2D eigenvalue weighted by Crippen LogP contribution is 2.28. The Kier molecular flexibility index (Phi) is 4.08. The highest BCUT2D eigenvalue weighted by Gasteiger charge is 2.15. The second-order valence-corrected chi connectivity index (χ2v) is 4.91. The van der Waals surface area contributed by atoms with Crippen molar-refractivity contribution in [1.82, 2.24) is 4.98 Å². The zero-order chi connectivity index (χ0) is 14.7. The minimum atomic E-state index is 0.118. The first-order valence-electron chi connectivity index (χ1n) is 6.51. The van der Waals surface area contributed by atoms with E-state index in [1.54, 1.807) is 13.3 Å². The third kappa shape index (κ3) is 2.82. The van der Waals surface area contributed by atoms with Crippen LogP contribution in [0.1, 0.15) is 13.3 Å². The van der Waals surface area contributed by atoms with Gasteiger partial charge in [0.2, 0.25) is 0 Å². The van der Waals surface area contributed by atoms with Crippen LogP contribution in [0.3, 0.4) is 0 Å². The second kappa shape index (κ2) is 5.77. The molecule has 0 saturated heterocycles. The van der Waals surface area contributed by atoms with E-state index in [9.17, 15) is 0 Å². The van der Waals surface area contributed by atoms with Gasteiger partial charge in [0.15, 0.2) is 0 Å². The molecule has 0 amide bonds. The predicted molar refractivity (Wildman–Crippen MR) is 82.7 cm³/mol. The normalized spacial score (nSPS) is 12.2. The van der Waals surface area contributed by atoms with Crippen molar-refractivity contribution in [2.24, 2.45) is 5.73 Å². The highest BCUT2D eigenvalue weighted by atomic mass is 16.5. The van der Waals surface area contributed by atoms with Crippen LogP contribution in [0.5, 0.6) is 5.75 Å². The average molecular weight is 272 g/mol. The monoisotopic (exact) mass is 272 g/mol. The Hall–Kier alpha value is -2.30. The van der Waals surface area contributed by atoms with Crippen molar-refractivity contribution in [2.45, 2.75) is 19.4 Å². The summed E-state index contributed by atoms with van der Waals surface area (Å²) in [5.74, 6) is 1.90. The molecule has 1 heterocycles. The lowest BCUT2D eigenvalue weighted by atomic mass is 10.1. The number of pyridine rings is 1. The standard InChI is InChI=1S/C15H20N4O/c1-10(8-14(16)17)19(2)15-13-5-4-12(20-3)9-11(13)6-7-18-15/h4-7,9-10H,8H2,1-3H3,(H3,16,17). The van der Waals surface area contributed by atoms with Crippen molar-refractivity contribution in [1.29, 1.82) is 5.41 Å². The molecule has 0 aliphatic carbocycles. The summed E-state index contributed by atoms with van der Waals surface area (Å²) in [5.41, 5.74) is 5.48. The summed E-state index contributed by atoms with van der Waals surface area (Å²) in [6.45, 7) is 2.03. The first kappa shape index (κ1) is 14.1. The van der Waals surface area contributed by atoms with E-state index < -0.39 is 0 Å². The van der Waals surface area contributed by atoms with Gasteiger partial charge in [0.25, 0.3) is 0 Å². The maximum absolute atomic E-state index is 7.41. The van der Waals surface area contributed by atoms with Crippen molar-refractivity contribution in [3.8, 4) is 5.75 Å². The van der Waals surface area contributed by atoms with Gasteiger partial charge in [0.05, 0.1) is 12.9 Å². The summed E-state index contributed by atoms with van der Waals surface area (Å²) in [6.07, 6.45) is 2.30. The van der Waals surface area contributed by atoms with E-state index in [4.69, 9.17) is 15.9 Å². The number of hydrogen-bond acceptors (Lipinski definition) is 4. The van der Waals surface area contributed by atoms with Crippen LogP contribution in [0.15, 0.2) is 30.5 Å². The Morgan fingerprint density at radius 3 is 2.85 bits per heavy atom. The number of nitrogens with zero attached hydrogens (tertiary/aromatic N) is 2. The smallest absolute Gasteiger partial charge is 0.136 e. The van der Waals surface area contributed by atoms with E-state index in [2.05, 4.69) is 9.88 Å². The number of amidine groups is 1. The van der Waals surface area contributed by atoms with Crippen LogP contribution in [-0.4, -0.2) is 31.0 Å². The molecule has 2 rings (SSSR count). The van der Waals surface area contributed by atoms with E-state index in [-0.39, 0.29) is 11.9 Å². The second-order valence-electron chi connectivity index (χ2n) is 4.91. The van der Waals surface area contributed by atoms with E-state index >= 15 is 0 Å². The summed E-state index contributed by atoms with van der Waals surface area (Å²) >= 11 is 0. The molecule has 1 aromatic carbocycles. The van der Waals surface area contributed by atoms with Gasteiger partial charge >= 0.3 is 0 Å². The number of hydrogen-bond donors (Lipinski definition) is 2. The molecule has 1 unspecified atom stereocenters. The van der Waals surface area contributed by atoms with Crippen LogP contribution in [0.4, 0.5) is 5.82 Å². The molecule has 5 heteroatoms. The quantitative estimate of drug-likeness (QED) is 0.647. The molecule has 0 aliphatic heterocycles. The van der Waals surface area contributed by atoms with Crippen LogP contribution in [0.2, 0.25) is 0 Å². The Morgan fingerprint density at radius 1 is 1.45 bits per heavy atom. The van der Waals surface area contributed by atoms with Crippen molar-refractivity contribution in [2.75, 3.05) is 19.1 Å². The lowest BCUT2D eigenvalue weighted by Gasteiger charge is -2.26. The molecule has 3 N–H and O–H groups in total. The predicted octanol–water partition coefficient (Wildman–Crippen LogP) is 2.39. The number of nitrogens with two attached hydrogens (primary N) is 1. The Morgan fingerprint density at radius 2 is 2.20 bits per heavy atom. The largest absolute Gasteiger partial charge is 0.497 e. The first-order valence-corrected chi connectivity index (χ1v) is 6.51. The van der Waals surface area contributed by atoms with E-state index in [0.29, 0.717) is 6.42 Å². The number of ether oxygens (including phenoxy) is 1. The zero-order valence-electron chi connectivity index (χ0n) is 12.1. The molecule has 1 atom stereocenters. The maximum Gasteiger partial charge on any atom is 0.136 e. The SMILES string of the molecule is COc1ccc2c(N(C)C(C)CC(=N)N)nccc2c1. The van der Waals surface area contributed by atoms with Gasteiger partial charge in [-0.3, -0.25) is 5.41 Å². The molecule has 0 aliphatic rings. The molecule has 0 saturated carbocycles. The van der Waals surface area contributed by atoms with Crippen LogP contribution >= 0.6 is 0 Å².